The van der Waals surface area contributed by atoms with Crippen molar-refractivity contribution in [3.8, 4) is 11.1 Å². The summed E-state index contributed by atoms with van der Waals surface area (Å²) in [6.07, 6.45) is 2.40. The molecule has 8 nitrogen and oxygen atoms in total. The van der Waals surface area contributed by atoms with Crippen molar-refractivity contribution >= 4 is 23.5 Å². The highest BCUT2D eigenvalue weighted by molar-refractivity contribution is 6.06. The number of hydrogen-bond acceptors (Lipinski definition) is 6. The number of pyridine rings is 1. The number of carbonyl (C=O) groups is 3. The molecule has 3 heterocycles. The van der Waals surface area contributed by atoms with Crippen LogP contribution in [0.25, 0.3) is 11.1 Å². The van der Waals surface area contributed by atoms with Crippen LogP contribution < -0.4 is 10.6 Å². The molecule has 30 heavy (non-hydrogen) atoms. The Morgan fingerprint density at radius 1 is 1.17 bits per heavy atom. The lowest BCUT2D eigenvalue weighted by atomic mass is 9.98. The van der Waals surface area contributed by atoms with Crippen LogP contribution in [-0.4, -0.2) is 65.7 Å². The number of imide groups is 1. The monoisotopic (exact) mass is 407 g/mol. The average molecular weight is 407 g/mol. The van der Waals surface area contributed by atoms with Gasteiger partial charge in [-0.05, 0) is 49.8 Å². The van der Waals surface area contributed by atoms with Crippen molar-refractivity contribution in [3.63, 3.8) is 0 Å². The van der Waals surface area contributed by atoms with E-state index >= 15 is 0 Å². The third kappa shape index (κ3) is 3.91. The van der Waals surface area contributed by atoms with Crippen LogP contribution in [0.3, 0.4) is 0 Å². The zero-order valence-corrected chi connectivity index (χ0v) is 17.1. The second-order valence-electron chi connectivity index (χ2n) is 7.89. The molecule has 1 fully saturated rings. The zero-order valence-electron chi connectivity index (χ0n) is 17.1. The molecule has 0 spiro atoms. The lowest BCUT2D eigenvalue weighted by Gasteiger charge is -2.29. The van der Waals surface area contributed by atoms with Crippen LogP contribution in [0.15, 0.2) is 36.5 Å². The Morgan fingerprint density at radius 3 is 2.67 bits per heavy atom. The van der Waals surface area contributed by atoms with E-state index in [0.717, 1.165) is 35.6 Å². The smallest absolute Gasteiger partial charge is 0.255 e. The zero-order chi connectivity index (χ0) is 21.3. The molecule has 2 aliphatic rings. The van der Waals surface area contributed by atoms with Crippen molar-refractivity contribution in [3.05, 3.63) is 47.7 Å². The van der Waals surface area contributed by atoms with E-state index in [1.165, 1.54) is 0 Å². The highest BCUT2D eigenvalue weighted by Gasteiger charge is 2.39. The summed E-state index contributed by atoms with van der Waals surface area (Å²) in [5.74, 6) is -0.0547. The summed E-state index contributed by atoms with van der Waals surface area (Å²) >= 11 is 0. The Kier molecular flexibility index (Phi) is 5.50. The number of amides is 3. The minimum Gasteiger partial charge on any atom is -0.369 e. The van der Waals surface area contributed by atoms with Crippen molar-refractivity contribution in [2.24, 2.45) is 0 Å². The van der Waals surface area contributed by atoms with E-state index in [2.05, 4.69) is 20.5 Å². The lowest BCUT2D eigenvalue weighted by Crippen LogP contribution is -2.52. The molecule has 8 heteroatoms. The van der Waals surface area contributed by atoms with Crippen LogP contribution in [0.5, 0.6) is 0 Å². The minimum atomic E-state index is -0.614. The second kappa shape index (κ2) is 8.23. The summed E-state index contributed by atoms with van der Waals surface area (Å²) in [5, 5.41) is 5.62. The van der Waals surface area contributed by atoms with Gasteiger partial charge >= 0.3 is 0 Å². The van der Waals surface area contributed by atoms with E-state index in [0.29, 0.717) is 18.5 Å². The number of rotatable bonds is 6. The Hall–Kier alpha value is -3.26. The maximum absolute atomic E-state index is 13.0. The van der Waals surface area contributed by atoms with Gasteiger partial charge in [-0.3, -0.25) is 19.7 Å². The van der Waals surface area contributed by atoms with Gasteiger partial charge in [-0.25, -0.2) is 4.98 Å². The highest BCUT2D eigenvalue weighted by Crippen LogP contribution is 2.34. The molecule has 1 saturated heterocycles. The average Bonchev–Trinajstić information content (AvgIpc) is 3.05. The Morgan fingerprint density at radius 2 is 1.97 bits per heavy atom. The van der Waals surface area contributed by atoms with Gasteiger partial charge in [-0.1, -0.05) is 12.1 Å². The Balaban J connectivity index is 1.54. The third-order valence-electron chi connectivity index (χ3n) is 5.52. The van der Waals surface area contributed by atoms with E-state index in [1.54, 1.807) is 17.2 Å². The summed E-state index contributed by atoms with van der Waals surface area (Å²) < 4.78 is 0. The molecule has 156 valence electrons. The normalized spacial score (nSPS) is 18.6. The van der Waals surface area contributed by atoms with Crippen LogP contribution in [0, 0.1) is 0 Å². The molecule has 4 rings (SSSR count). The van der Waals surface area contributed by atoms with E-state index in [1.807, 2.05) is 38.4 Å². The first kappa shape index (κ1) is 20.0. The topological polar surface area (TPSA) is 94.6 Å². The molecule has 0 saturated carbocycles. The van der Waals surface area contributed by atoms with Crippen LogP contribution in [0.1, 0.15) is 28.8 Å². The van der Waals surface area contributed by atoms with Crippen LogP contribution in [-0.2, 0) is 16.1 Å². The van der Waals surface area contributed by atoms with Crippen LogP contribution in [0.4, 0.5) is 5.82 Å². The molecule has 1 atom stereocenters. The molecule has 1 unspecified atom stereocenters. The predicted octanol–water partition coefficient (Wildman–Crippen LogP) is 1.48. The summed E-state index contributed by atoms with van der Waals surface area (Å²) in [7, 11) is 4.04. The SMILES string of the molecule is CN(C)CCNc1ccc(-c2cccc3c2CN(C2CCC(=O)NC2=O)C3=O)cn1. The van der Waals surface area contributed by atoms with E-state index in [9.17, 15) is 14.4 Å². The number of nitrogens with one attached hydrogen (secondary N) is 2. The van der Waals surface area contributed by atoms with Crippen molar-refractivity contribution < 1.29 is 14.4 Å². The van der Waals surface area contributed by atoms with E-state index in [-0.39, 0.29) is 18.2 Å². The fraction of sp³-hybridized carbons (Fsp3) is 0.364. The van der Waals surface area contributed by atoms with E-state index < -0.39 is 11.9 Å². The molecular formula is C22H25N5O3. The van der Waals surface area contributed by atoms with Crippen LogP contribution in [0.2, 0.25) is 0 Å². The number of fused-ring (bicyclic) bond motifs is 1. The molecule has 2 aliphatic heterocycles. The fourth-order valence-electron chi connectivity index (χ4n) is 3.92. The number of nitrogens with zero attached hydrogens (tertiary/aromatic N) is 3. The first-order valence-electron chi connectivity index (χ1n) is 10.1. The van der Waals surface area contributed by atoms with E-state index in [4.69, 9.17) is 0 Å². The molecule has 3 amide bonds. The maximum atomic E-state index is 13.0. The molecule has 1 aromatic carbocycles. The molecular weight excluding hydrogens is 382 g/mol. The van der Waals surface area contributed by atoms with Crippen molar-refractivity contribution in [1.82, 2.24) is 20.1 Å². The van der Waals surface area contributed by atoms with Gasteiger partial charge in [0.2, 0.25) is 11.8 Å². The third-order valence-corrected chi connectivity index (χ3v) is 5.52. The second-order valence-corrected chi connectivity index (χ2v) is 7.89. The molecule has 1 aromatic heterocycles. The number of aromatic nitrogens is 1. The molecule has 2 aromatic rings. The van der Waals surface area contributed by atoms with Gasteiger partial charge in [0.25, 0.3) is 5.91 Å². The fourth-order valence-corrected chi connectivity index (χ4v) is 3.92. The van der Waals surface area contributed by atoms with Gasteiger partial charge in [-0.2, -0.15) is 0 Å². The number of hydrogen-bond donors (Lipinski definition) is 2. The number of carbonyl (C=O) groups excluding carboxylic acids is 3. The van der Waals surface area contributed by atoms with Crippen molar-refractivity contribution in [2.45, 2.75) is 25.4 Å². The minimum absolute atomic E-state index is 0.170. The van der Waals surface area contributed by atoms with Crippen molar-refractivity contribution in [2.75, 3.05) is 32.5 Å². The highest BCUT2D eigenvalue weighted by atomic mass is 16.2. The summed E-state index contributed by atoms with van der Waals surface area (Å²) in [6, 6.07) is 8.91. The first-order valence-corrected chi connectivity index (χ1v) is 10.1. The number of benzene rings is 1. The molecule has 0 aliphatic carbocycles. The lowest BCUT2D eigenvalue weighted by molar-refractivity contribution is -0.136. The van der Waals surface area contributed by atoms with Gasteiger partial charge in [0.05, 0.1) is 0 Å². The first-order chi connectivity index (χ1) is 14.4. The standard InChI is InChI=1S/C22H25N5O3/c1-26(2)11-10-23-19-8-6-14(12-24-19)15-4-3-5-16-17(15)13-27(22(16)30)18-7-9-20(28)25-21(18)29/h3-6,8,12,18H,7,9-11,13H2,1-2H3,(H,23,24)(H,25,28,29). The van der Waals surface area contributed by atoms with Crippen molar-refractivity contribution in [1.29, 1.82) is 0 Å². The number of piperidine rings is 1. The quantitative estimate of drug-likeness (QED) is 0.705. The van der Waals surface area contributed by atoms with Gasteiger partial charge in [0.1, 0.15) is 11.9 Å². The van der Waals surface area contributed by atoms with Gasteiger partial charge in [0.15, 0.2) is 0 Å². The maximum Gasteiger partial charge on any atom is 0.255 e. The molecule has 0 radical (unpaired) electrons. The van der Waals surface area contributed by atoms with Gasteiger partial charge < -0.3 is 15.1 Å². The largest absolute Gasteiger partial charge is 0.369 e. The molecule has 2 N–H and O–H groups in total. The summed E-state index contributed by atoms with van der Waals surface area (Å²) in [5.41, 5.74) is 3.35. The molecule has 0 bridgehead atoms. The Labute approximate surface area is 175 Å². The van der Waals surface area contributed by atoms with Crippen LogP contribution >= 0.6 is 0 Å². The van der Waals surface area contributed by atoms with Gasteiger partial charge in [0, 0.05) is 43.4 Å². The number of likely N-dealkylation sites (N-methyl/N-ethyl adjacent to an activating group) is 1. The summed E-state index contributed by atoms with van der Waals surface area (Å²) in [4.78, 5) is 44.8. The van der Waals surface area contributed by atoms with Gasteiger partial charge in [-0.15, -0.1) is 0 Å². The Bertz CT molecular complexity index is 987. The number of anilines is 1. The predicted molar refractivity (Wildman–Crippen MR) is 113 cm³/mol. The summed E-state index contributed by atoms with van der Waals surface area (Å²) in [6.45, 7) is 2.06.